The number of nitrogens with zero attached hydrogens (tertiary/aromatic N) is 1. The minimum Gasteiger partial charge on any atom is -0.450 e. The molecule has 0 aliphatic heterocycles. The van der Waals surface area contributed by atoms with Crippen LogP contribution in [0.2, 0.25) is 0 Å². The Balaban J connectivity index is 1.59. The average Bonchev–Trinajstić information content (AvgIpc) is 3.06. The van der Waals surface area contributed by atoms with Gasteiger partial charge in [-0.3, -0.25) is 0 Å². The zero-order valence-corrected chi connectivity index (χ0v) is 10.6. The minimum atomic E-state index is 0.411. The van der Waals surface area contributed by atoms with E-state index in [1.54, 1.807) is 6.26 Å². The molecule has 2 rings (SSSR count). The molecule has 96 valence electrons. The van der Waals surface area contributed by atoms with E-state index in [0.29, 0.717) is 18.7 Å². The molecule has 1 aromatic heterocycles. The van der Waals surface area contributed by atoms with E-state index in [-0.39, 0.29) is 0 Å². The fourth-order valence-electron chi connectivity index (χ4n) is 1.66. The second kappa shape index (κ2) is 6.64. The van der Waals surface area contributed by atoms with Crippen molar-refractivity contribution in [2.75, 3.05) is 6.61 Å². The van der Waals surface area contributed by atoms with Crippen LogP contribution in [0.5, 0.6) is 6.08 Å². The van der Waals surface area contributed by atoms with Crippen LogP contribution in [0.15, 0.2) is 10.7 Å². The predicted molar refractivity (Wildman–Crippen MR) is 66.0 cm³/mol. The standard InChI is InChI=1S/C13H22N2O2/c1-2-3-4-5-8-16-13-15-12(10-17-13)9-14-11-6-7-11/h10-11,14H,2-9H2,1H3. The lowest BCUT2D eigenvalue weighted by molar-refractivity contribution is 0.224. The average molecular weight is 238 g/mol. The van der Waals surface area contributed by atoms with E-state index in [4.69, 9.17) is 9.15 Å². The fourth-order valence-corrected chi connectivity index (χ4v) is 1.66. The highest BCUT2D eigenvalue weighted by atomic mass is 16.6. The summed E-state index contributed by atoms with van der Waals surface area (Å²) in [6.45, 7) is 3.69. The molecule has 1 N–H and O–H groups in total. The molecule has 1 aromatic rings. The van der Waals surface area contributed by atoms with Gasteiger partial charge in [0.25, 0.3) is 0 Å². The van der Waals surface area contributed by atoms with Crippen molar-refractivity contribution in [2.45, 2.75) is 58.0 Å². The molecule has 1 saturated carbocycles. The van der Waals surface area contributed by atoms with E-state index in [0.717, 1.165) is 18.7 Å². The van der Waals surface area contributed by atoms with Gasteiger partial charge in [-0.15, -0.1) is 0 Å². The van der Waals surface area contributed by atoms with Gasteiger partial charge in [0.2, 0.25) is 0 Å². The molecule has 0 unspecified atom stereocenters. The first-order chi connectivity index (χ1) is 8.38. The van der Waals surface area contributed by atoms with Gasteiger partial charge in [0.1, 0.15) is 6.26 Å². The maximum absolute atomic E-state index is 5.45. The fraction of sp³-hybridized carbons (Fsp3) is 0.769. The summed E-state index contributed by atoms with van der Waals surface area (Å²) in [7, 11) is 0. The summed E-state index contributed by atoms with van der Waals surface area (Å²) in [4.78, 5) is 4.28. The monoisotopic (exact) mass is 238 g/mol. The van der Waals surface area contributed by atoms with Crippen molar-refractivity contribution in [2.24, 2.45) is 0 Å². The molecular formula is C13H22N2O2. The highest BCUT2D eigenvalue weighted by Gasteiger charge is 2.20. The first-order valence-electron chi connectivity index (χ1n) is 6.69. The number of ether oxygens (including phenoxy) is 1. The minimum absolute atomic E-state index is 0.411. The second-order valence-electron chi connectivity index (χ2n) is 4.67. The van der Waals surface area contributed by atoms with Crippen molar-refractivity contribution in [3.05, 3.63) is 12.0 Å². The Labute approximate surface area is 103 Å². The van der Waals surface area contributed by atoms with Crippen molar-refractivity contribution in [1.82, 2.24) is 10.3 Å². The summed E-state index contributed by atoms with van der Waals surface area (Å²) in [5.41, 5.74) is 0.931. The van der Waals surface area contributed by atoms with Crippen molar-refractivity contribution in [3.8, 4) is 6.08 Å². The van der Waals surface area contributed by atoms with Gasteiger partial charge < -0.3 is 14.5 Å². The molecule has 1 heterocycles. The lowest BCUT2D eigenvalue weighted by atomic mass is 10.2. The molecule has 0 aromatic carbocycles. The Bertz CT molecular complexity index is 321. The van der Waals surface area contributed by atoms with Crippen molar-refractivity contribution in [1.29, 1.82) is 0 Å². The van der Waals surface area contributed by atoms with E-state index >= 15 is 0 Å². The normalized spacial score (nSPS) is 15.1. The highest BCUT2D eigenvalue weighted by Crippen LogP contribution is 2.19. The molecule has 4 heteroatoms. The van der Waals surface area contributed by atoms with Crippen LogP contribution in [-0.4, -0.2) is 17.6 Å². The molecule has 17 heavy (non-hydrogen) atoms. The zero-order chi connectivity index (χ0) is 11.9. The van der Waals surface area contributed by atoms with E-state index < -0.39 is 0 Å². The largest absolute Gasteiger partial charge is 0.450 e. The maximum Gasteiger partial charge on any atom is 0.393 e. The topological polar surface area (TPSA) is 47.3 Å². The summed E-state index contributed by atoms with van der Waals surface area (Å²) in [5.74, 6) is 0. The zero-order valence-electron chi connectivity index (χ0n) is 10.6. The van der Waals surface area contributed by atoms with Crippen LogP contribution < -0.4 is 10.1 Å². The maximum atomic E-state index is 5.45. The molecule has 0 radical (unpaired) electrons. The molecule has 0 saturated heterocycles. The van der Waals surface area contributed by atoms with E-state index in [1.807, 2.05) is 0 Å². The van der Waals surface area contributed by atoms with Gasteiger partial charge >= 0.3 is 6.08 Å². The molecule has 0 atom stereocenters. The first-order valence-corrected chi connectivity index (χ1v) is 6.69. The summed E-state index contributed by atoms with van der Waals surface area (Å²) < 4.78 is 10.7. The third kappa shape index (κ3) is 4.77. The van der Waals surface area contributed by atoms with Gasteiger partial charge in [-0.25, -0.2) is 0 Å². The Kier molecular flexibility index (Phi) is 4.86. The van der Waals surface area contributed by atoms with Crippen LogP contribution in [-0.2, 0) is 6.54 Å². The third-order valence-electron chi connectivity index (χ3n) is 2.90. The van der Waals surface area contributed by atoms with Crippen LogP contribution in [0.3, 0.4) is 0 Å². The third-order valence-corrected chi connectivity index (χ3v) is 2.90. The Hall–Kier alpha value is -1.03. The number of rotatable bonds is 9. The van der Waals surface area contributed by atoms with Crippen LogP contribution in [0, 0.1) is 0 Å². The van der Waals surface area contributed by atoms with Crippen LogP contribution in [0.1, 0.15) is 51.1 Å². The summed E-state index contributed by atoms with van der Waals surface area (Å²) in [5, 5.41) is 3.39. The van der Waals surface area contributed by atoms with Crippen LogP contribution in [0.4, 0.5) is 0 Å². The van der Waals surface area contributed by atoms with E-state index in [9.17, 15) is 0 Å². The van der Waals surface area contributed by atoms with Gasteiger partial charge in [-0.1, -0.05) is 26.2 Å². The van der Waals surface area contributed by atoms with Gasteiger partial charge in [-0.2, -0.15) is 4.98 Å². The molecule has 0 amide bonds. The smallest absolute Gasteiger partial charge is 0.393 e. The van der Waals surface area contributed by atoms with Crippen LogP contribution >= 0.6 is 0 Å². The van der Waals surface area contributed by atoms with Crippen molar-refractivity contribution < 1.29 is 9.15 Å². The van der Waals surface area contributed by atoms with Gasteiger partial charge in [0.15, 0.2) is 0 Å². The predicted octanol–water partition coefficient (Wildman–Crippen LogP) is 2.89. The van der Waals surface area contributed by atoms with E-state index in [1.165, 1.54) is 32.1 Å². The van der Waals surface area contributed by atoms with Crippen molar-refractivity contribution in [3.63, 3.8) is 0 Å². The number of oxazole rings is 1. The molecule has 4 nitrogen and oxygen atoms in total. The molecule has 0 spiro atoms. The Morgan fingerprint density at radius 3 is 3.06 bits per heavy atom. The molecule has 1 aliphatic rings. The first kappa shape index (κ1) is 12.4. The number of nitrogens with one attached hydrogen (secondary N) is 1. The number of aromatic nitrogens is 1. The van der Waals surface area contributed by atoms with Gasteiger partial charge in [0, 0.05) is 12.6 Å². The SMILES string of the molecule is CCCCCCOc1nc(CNC2CC2)co1. The lowest BCUT2D eigenvalue weighted by Crippen LogP contribution is -2.15. The molecule has 1 aliphatic carbocycles. The van der Waals surface area contributed by atoms with Gasteiger partial charge in [0.05, 0.1) is 12.3 Å². The Morgan fingerprint density at radius 2 is 2.29 bits per heavy atom. The lowest BCUT2D eigenvalue weighted by Gasteiger charge is -2.00. The van der Waals surface area contributed by atoms with E-state index in [2.05, 4.69) is 17.2 Å². The number of unbranched alkanes of at least 4 members (excludes halogenated alkanes) is 3. The van der Waals surface area contributed by atoms with Crippen molar-refractivity contribution >= 4 is 0 Å². The number of hydrogen-bond donors (Lipinski definition) is 1. The summed E-state index contributed by atoms with van der Waals surface area (Å²) in [6.07, 6.45) is 9.48. The van der Waals surface area contributed by atoms with Crippen LogP contribution in [0.25, 0.3) is 0 Å². The number of hydrogen-bond acceptors (Lipinski definition) is 4. The quantitative estimate of drug-likeness (QED) is 0.672. The van der Waals surface area contributed by atoms with Gasteiger partial charge in [-0.05, 0) is 19.3 Å². The second-order valence-corrected chi connectivity index (χ2v) is 4.67. The molecule has 0 bridgehead atoms. The highest BCUT2D eigenvalue weighted by molar-refractivity contribution is 5.00. The Morgan fingerprint density at radius 1 is 1.41 bits per heavy atom. The summed E-state index contributed by atoms with van der Waals surface area (Å²) in [6, 6.07) is 0.699. The molecular weight excluding hydrogens is 216 g/mol. The molecule has 1 fully saturated rings. The summed E-state index contributed by atoms with van der Waals surface area (Å²) >= 11 is 0.